The maximum atomic E-state index is 12.3. The maximum Gasteiger partial charge on any atom is 0.242 e. The van der Waals surface area contributed by atoms with E-state index < -0.39 is 10.0 Å². The molecule has 1 aromatic carbocycles. The largest absolute Gasteiger partial charge is 0.494 e. The Labute approximate surface area is 122 Å². The molecule has 0 N–H and O–H groups in total. The molecule has 5 heteroatoms. The van der Waals surface area contributed by atoms with Crippen molar-refractivity contribution in [3.63, 3.8) is 0 Å². The van der Waals surface area contributed by atoms with Gasteiger partial charge in [0.15, 0.2) is 0 Å². The number of ether oxygens (including phenoxy) is 1. The highest BCUT2D eigenvalue weighted by Crippen LogP contribution is 2.19. The topological polar surface area (TPSA) is 46.6 Å². The van der Waals surface area contributed by atoms with E-state index in [1.807, 2.05) is 6.92 Å². The third kappa shape index (κ3) is 4.80. The van der Waals surface area contributed by atoms with Crippen molar-refractivity contribution in [2.24, 2.45) is 0 Å². The van der Waals surface area contributed by atoms with Gasteiger partial charge < -0.3 is 4.74 Å². The fourth-order valence-electron chi connectivity index (χ4n) is 1.72. The molecular weight excluding hydrogens is 274 g/mol. The minimum absolute atomic E-state index is 0.318. The van der Waals surface area contributed by atoms with Gasteiger partial charge in [-0.2, -0.15) is 0 Å². The minimum atomic E-state index is -3.38. The molecule has 0 unspecified atom stereocenters. The first kappa shape index (κ1) is 17.0. The molecule has 0 aliphatic carbocycles. The van der Waals surface area contributed by atoms with Gasteiger partial charge in [-0.25, -0.2) is 12.7 Å². The van der Waals surface area contributed by atoms with Crippen LogP contribution in [0.5, 0.6) is 5.75 Å². The number of unbranched alkanes of at least 4 members (excludes halogenated alkanes) is 2. The SMILES string of the molecule is CCCCOc1ccc(S(=O)(=O)N(C)CCCC)cc1. The highest BCUT2D eigenvalue weighted by atomic mass is 32.2. The molecule has 0 amide bonds. The van der Waals surface area contributed by atoms with E-state index in [4.69, 9.17) is 4.74 Å². The van der Waals surface area contributed by atoms with Gasteiger partial charge >= 0.3 is 0 Å². The maximum absolute atomic E-state index is 12.3. The van der Waals surface area contributed by atoms with Gasteiger partial charge in [-0.05, 0) is 37.1 Å². The van der Waals surface area contributed by atoms with Crippen molar-refractivity contribution in [1.29, 1.82) is 0 Å². The van der Waals surface area contributed by atoms with Gasteiger partial charge in [-0.1, -0.05) is 26.7 Å². The predicted octanol–water partition coefficient (Wildman–Crippen LogP) is 3.29. The summed E-state index contributed by atoms with van der Waals surface area (Å²) < 4.78 is 31.5. The van der Waals surface area contributed by atoms with Gasteiger partial charge in [0.25, 0.3) is 0 Å². The molecule has 0 saturated heterocycles. The lowest BCUT2D eigenvalue weighted by molar-refractivity contribution is 0.309. The van der Waals surface area contributed by atoms with Crippen LogP contribution < -0.4 is 4.74 Å². The van der Waals surface area contributed by atoms with E-state index in [0.29, 0.717) is 23.8 Å². The van der Waals surface area contributed by atoms with Crippen LogP contribution in [0.1, 0.15) is 39.5 Å². The Morgan fingerprint density at radius 3 is 2.20 bits per heavy atom. The van der Waals surface area contributed by atoms with E-state index in [2.05, 4.69) is 6.92 Å². The van der Waals surface area contributed by atoms with Crippen molar-refractivity contribution >= 4 is 10.0 Å². The van der Waals surface area contributed by atoms with Gasteiger partial charge in [0, 0.05) is 13.6 Å². The first-order valence-corrected chi connectivity index (χ1v) is 8.65. The van der Waals surface area contributed by atoms with Crippen molar-refractivity contribution < 1.29 is 13.2 Å². The Bertz CT molecular complexity index is 482. The zero-order valence-corrected chi connectivity index (χ0v) is 13.4. The van der Waals surface area contributed by atoms with Crippen LogP contribution in [-0.2, 0) is 10.0 Å². The average molecular weight is 299 g/mol. The Morgan fingerprint density at radius 1 is 1.05 bits per heavy atom. The summed E-state index contributed by atoms with van der Waals surface area (Å²) in [5.74, 6) is 0.716. The summed E-state index contributed by atoms with van der Waals surface area (Å²) in [4.78, 5) is 0.318. The van der Waals surface area contributed by atoms with Gasteiger partial charge in [-0.15, -0.1) is 0 Å². The molecular formula is C15H25NO3S. The molecule has 0 spiro atoms. The quantitative estimate of drug-likeness (QED) is 0.657. The normalized spacial score (nSPS) is 11.8. The van der Waals surface area contributed by atoms with Crippen LogP contribution in [0.25, 0.3) is 0 Å². The average Bonchev–Trinajstić information content (AvgIpc) is 2.45. The number of hydrogen-bond donors (Lipinski definition) is 0. The molecule has 0 saturated carbocycles. The standard InChI is InChI=1S/C15H25NO3S/c1-4-6-12-16(3)20(17,18)15-10-8-14(9-11-15)19-13-7-5-2/h8-11H,4-7,12-13H2,1-3H3. The van der Waals surface area contributed by atoms with E-state index in [0.717, 1.165) is 25.7 Å². The zero-order valence-electron chi connectivity index (χ0n) is 12.6. The lowest BCUT2D eigenvalue weighted by Gasteiger charge is -2.17. The summed E-state index contributed by atoms with van der Waals surface area (Å²) >= 11 is 0. The Morgan fingerprint density at radius 2 is 1.65 bits per heavy atom. The van der Waals surface area contributed by atoms with E-state index in [1.165, 1.54) is 4.31 Å². The van der Waals surface area contributed by atoms with Gasteiger partial charge in [0.2, 0.25) is 10.0 Å². The van der Waals surface area contributed by atoms with Crippen LogP contribution in [0.4, 0.5) is 0 Å². The highest BCUT2D eigenvalue weighted by molar-refractivity contribution is 7.89. The van der Waals surface area contributed by atoms with Crippen molar-refractivity contribution in [1.82, 2.24) is 4.31 Å². The molecule has 0 bridgehead atoms. The van der Waals surface area contributed by atoms with Crippen molar-refractivity contribution in [2.75, 3.05) is 20.2 Å². The molecule has 114 valence electrons. The Kier molecular flexibility index (Phi) is 7.02. The lowest BCUT2D eigenvalue weighted by atomic mass is 10.3. The molecule has 0 atom stereocenters. The van der Waals surface area contributed by atoms with E-state index >= 15 is 0 Å². The van der Waals surface area contributed by atoms with Crippen LogP contribution in [0.15, 0.2) is 29.2 Å². The summed E-state index contributed by atoms with van der Waals surface area (Å²) in [6.07, 6.45) is 3.92. The van der Waals surface area contributed by atoms with Crippen LogP contribution >= 0.6 is 0 Å². The Hall–Kier alpha value is -1.07. The number of nitrogens with zero attached hydrogens (tertiary/aromatic N) is 1. The fourth-order valence-corrected chi connectivity index (χ4v) is 2.93. The predicted molar refractivity (Wildman–Crippen MR) is 81.6 cm³/mol. The molecule has 20 heavy (non-hydrogen) atoms. The van der Waals surface area contributed by atoms with Gasteiger partial charge in [0.05, 0.1) is 11.5 Å². The van der Waals surface area contributed by atoms with Crippen LogP contribution in [0.3, 0.4) is 0 Å². The zero-order chi connectivity index (χ0) is 15.0. The summed E-state index contributed by atoms with van der Waals surface area (Å²) in [6.45, 7) is 5.36. The Balaban J connectivity index is 2.71. The molecule has 0 aromatic heterocycles. The fraction of sp³-hybridized carbons (Fsp3) is 0.600. The summed E-state index contributed by atoms with van der Waals surface area (Å²) in [5, 5.41) is 0. The highest BCUT2D eigenvalue weighted by Gasteiger charge is 2.19. The smallest absolute Gasteiger partial charge is 0.242 e. The second-order valence-corrected chi connectivity index (χ2v) is 6.90. The number of sulfonamides is 1. The molecule has 1 aromatic rings. The molecule has 0 aliphatic heterocycles. The third-order valence-electron chi connectivity index (χ3n) is 3.13. The number of hydrogen-bond acceptors (Lipinski definition) is 3. The lowest BCUT2D eigenvalue weighted by Crippen LogP contribution is -2.27. The summed E-state index contributed by atoms with van der Waals surface area (Å²) in [5.41, 5.74) is 0. The van der Waals surface area contributed by atoms with Crippen LogP contribution in [0, 0.1) is 0 Å². The van der Waals surface area contributed by atoms with E-state index in [-0.39, 0.29) is 0 Å². The van der Waals surface area contributed by atoms with E-state index in [1.54, 1.807) is 31.3 Å². The van der Waals surface area contributed by atoms with Gasteiger partial charge in [0.1, 0.15) is 5.75 Å². The number of benzene rings is 1. The third-order valence-corrected chi connectivity index (χ3v) is 5.00. The van der Waals surface area contributed by atoms with Crippen LogP contribution in [-0.4, -0.2) is 32.9 Å². The molecule has 1 rings (SSSR count). The molecule has 4 nitrogen and oxygen atoms in total. The molecule has 0 radical (unpaired) electrons. The van der Waals surface area contributed by atoms with Crippen molar-refractivity contribution in [3.8, 4) is 5.75 Å². The second kappa shape index (κ2) is 8.27. The monoisotopic (exact) mass is 299 g/mol. The van der Waals surface area contributed by atoms with Crippen LogP contribution in [0.2, 0.25) is 0 Å². The molecule has 0 fully saturated rings. The minimum Gasteiger partial charge on any atom is -0.494 e. The first-order chi connectivity index (χ1) is 9.52. The van der Waals surface area contributed by atoms with Crippen molar-refractivity contribution in [2.45, 2.75) is 44.4 Å². The van der Waals surface area contributed by atoms with E-state index in [9.17, 15) is 8.42 Å². The molecule has 0 heterocycles. The second-order valence-electron chi connectivity index (χ2n) is 4.85. The first-order valence-electron chi connectivity index (χ1n) is 7.21. The van der Waals surface area contributed by atoms with Gasteiger partial charge in [-0.3, -0.25) is 0 Å². The summed E-state index contributed by atoms with van der Waals surface area (Å²) in [6, 6.07) is 6.66. The van der Waals surface area contributed by atoms with Crippen molar-refractivity contribution in [3.05, 3.63) is 24.3 Å². The molecule has 0 aliphatic rings. The summed E-state index contributed by atoms with van der Waals surface area (Å²) in [7, 11) is -1.75. The number of rotatable bonds is 9.